The number of rotatable bonds is 6. The van der Waals surface area contributed by atoms with Crippen LogP contribution in [0.3, 0.4) is 0 Å². The van der Waals surface area contributed by atoms with Crippen molar-refractivity contribution in [1.82, 2.24) is 4.98 Å². The van der Waals surface area contributed by atoms with Gasteiger partial charge in [0.1, 0.15) is 11.5 Å². The molecule has 0 fully saturated rings. The van der Waals surface area contributed by atoms with Gasteiger partial charge < -0.3 is 19.5 Å². The number of fused-ring (bicyclic) bond motifs is 1. The lowest BCUT2D eigenvalue weighted by Crippen LogP contribution is -1.95. The maximum absolute atomic E-state index is 5.90. The average Bonchev–Trinajstić information content (AvgIpc) is 2.76. The third-order valence-corrected chi connectivity index (χ3v) is 4.64. The van der Waals surface area contributed by atoms with Crippen molar-refractivity contribution >= 4 is 22.3 Å². The first-order chi connectivity index (χ1) is 14.2. The number of aromatic nitrogens is 1. The predicted octanol–water partition coefficient (Wildman–Crippen LogP) is 6.10. The summed E-state index contributed by atoms with van der Waals surface area (Å²) >= 11 is 0. The number of nitrogens with one attached hydrogen (secondary N) is 1. The number of ether oxygens (including phenoxy) is 3. The molecule has 4 aromatic rings. The van der Waals surface area contributed by atoms with Crippen molar-refractivity contribution in [2.75, 3.05) is 19.5 Å². The molecule has 0 amide bonds. The summed E-state index contributed by atoms with van der Waals surface area (Å²) in [7, 11) is 3.24. The molecule has 0 spiro atoms. The standard InChI is InChI=1S/C24H22N2O3/c1-16-4-8-18(9-5-16)29-19-10-6-17(7-11-19)26-21-12-13-25-22-15-24(28-3)23(27-2)14-20(21)22/h4-15H,1-3H3,(H,25,26). The molecular formula is C24H22N2O3. The van der Waals surface area contributed by atoms with Gasteiger partial charge in [0.25, 0.3) is 0 Å². The summed E-state index contributed by atoms with van der Waals surface area (Å²) in [4.78, 5) is 4.44. The van der Waals surface area contributed by atoms with E-state index in [0.717, 1.165) is 33.8 Å². The lowest BCUT2D eigenvalue weighted by Gasteiger charge is -2.13. The van der Waals surface area contributed by atoms with Crippen LogP contribution in [-0.2, 0) is 0 Å². The smallest absolute Gasteiger partial charge is 0.162 e. The number of hydrogen-bond donors (Lipinski definition) is 1. The monoisotopic (exact) mass is 386 g/mol. The molecule has 0 saturated heterocycles. The van der Waals surface area contributed by atoms with Crippen molar-refractivity contribution in [3.63, 3.8) is 0 Å². The van der Waals surface area contributed by atoms with Crippen molar-refractivity contribution in [2.24, 2.45) is 0 Å². The Morgan fingerprint density at radius 1 is 0.759 bits per heavy atom. The van der Waals surface area contributed by atoms with E-state index in [9.17, 15) is 0 Å². The van der Waals surface area contributed by atoms with Gasteiger partial charge in [0.2, 0.25) is 0 Å². The van der Waals surface area contributed by atoms with E-state index in [0.29, 0.717) is 11.5 Å². The number of anilines is 2. The van der Waals surface area contributed by atoms with Gasteiger partial charge in [-0.25, -0.2) is 0 Å². The number of aryl methyl sites for hydroxylation is 1. The first kappa shape index (κ1) is 18.6. The third kappa shape index (κ3) is 4.09. The Labute approximate surface area is 169 Å². The minimum Gasteiger partial charge on any atom is -0.493 e. The molecule has 146 valence electrons. The van der Waals surface area contributed by atoms with Gasteiger partial charge in [-0.05, 0) is 55.5 Å². The van der Waals surface area contributed by atoms with Crippen LogP contribution in [0, 0.1) is 6.92 Å². The zero-order valence-corrected chi connectivity index (χ0v) is 16.6. The SMILES string of the molecule is COc1cc2nccc(Nc3ccc(Oc4ccc(C)cc4)cc3)c2cc1OC. The van der Waals surface area contributed by atoms with Crippen LogP contribution in [-0.4, -0.2) is 19.2 Å². The van der Waals surface area contributed by atoms with Crippen molar-refractivity contribution < 1.29 is 14.2 Å². The van der Waals surface area contributed by atoms with Crippen molar-refractivity contribution in [2.45, 2.75) is 6.92 Å². The van der Waals surface area contributed by atoms with Crippen LogP contribution >= 0.6 is 0 Å². The summed E-state index contributed by atoms with van der Waals surface area (Å²) in [6.45, 7) is 2.05. The van der Waals surface area contributed by atoms with Gasteiger partial charge in [0.15, 0.2) is 11.5 Å². The zero-order chi connectivity index (χ0) is 20.2. The van der Waals surface area contributed by atoms with Gasteiger partial charge in [-0.15, -0.1) is 0 Å². The highest BCUT2D eigenvalue weighted by Gasteiger charge is 2.10. The predicted molar refractivity (Wildman–Crippen MR) is 116 cm³/mol. The molecule has 0 saturated carbocycles. The molecule has 4 rings (SSSR count). The second-order valence-corrected chi connectivity index (χ2v) is 6.65. The summed E-state index contributed by atoms with van der Waals surface area (Å²) < 4.78 is 16.7. The van der Waals surface area contributed by atoms with Crippen LogP contribution < -0.4 is 19.5 Å². The zero-order valence-electron chi connectivity index (χ0n) is 16.6. The van der Waals surface area contributed by atoms with Crippen LogP contribution in [0.1, 0.15) is 5.56 Å². The highest BCUT2D eigenvalue weighted by molar-refractivity contribution is 5.95. The van der Waals surface area contributed by atoms with Gasteiger partial charge in [0.05, 0.1) is 19.7 Å². The summed E-state index contributed by atoms with van der Waals surface area (Å²) in [6, 6.07) is 21.6. The van der Waals surface area contributed by atoms with Crippen LogP contribution in [0.4, 0.5) is 11.4 Å². The van der Waals surface area contributed by atoms with Crippen molar-refractivity contribution in [3.05, 3.63) is 78.5 Å². The van der Waals surface area contributed by atoms with Crippen molar-refractivity contribution in [1.29, 1.82) is 0 Å². The van der Waals surface area contributed by atoms with Gasteiger partial charge in [-0.3, -0.25) is 4.98 Å². The number of methoxy groups -OCH3 is 2. The largest absolute Gasteiger partial charge is 0.493 e. The Kier molecular flexibility index (Phi) is 5.20. The molecule has 1 aromatic heterocycles. The van der Waals surface area contributed by atoms with E-state index in [2.05, 4.69) is 17.2 Å². The Balaban J connectivity index is 1.57. The molecule has 0 aliphatic heterocycles. The molecule has 0 unspecified atom stereocenters. The number of nitrogens with zero attached hydrogens (tertiary/aromatic N) is 1. The molecule has 3 aromatic carbocycles. The van der Waals surface area contributed by atoms with E-state index < -0.39 is 0 Å². The molecule has 0 aliphatic carbocycles. The molecule has 5 nitrogen and oxygen atoms in total. The molecule has 1 heterocycles. The summed E-state index contributed by atoms with van der Waals surface area (Å²) in [5.74, 6) is 2.92. The second kappa shape index (κ2) is 8.10. The third-order valence-electron chi connectivity index (χ3n) is 4.64. The maximum atomic E-state index is 5.90. The van der Waals surface area contributed by atoms with Crippen LogP contribution in [0.5, 0.6) is 23.0 Å². The minimum absolute atomic E-state index is 0.655. The normalized spacial score (nSPS) is 10.6. The molecule has 29 heavy (non-hydrogen) atoms. The van der Waals surface area contributed by atoms with Gasteiger partial charge in [0, 0.05) is 29.0 Å². The molecule has 1 N–H and O–H groups in total. The number of benzene rings is 3. The van der Waals surface area contributed by atoms with Crippen LogP contribution in [0.25, 0.3) is 10.9 Å². The highest BCUT2D eigenvalue weighted by Crippen LogP contribution is 2.35. The fourth-order valence-electron chi connectivity index (χ4n) is 3.09. The Morgan fingerprint density at radius 2 is 1.38 bits per heavy atom. The van der Waals surface area contributed by atoms with Crippen LogP contribution in [0.15, 0.2) is 72.9 Å². The van der Waals surface area contributed by atoms with Gasteiger partial charge >= 0.3 is 0 Å². The van der Waals surface area contributed by atoms with Crippen molar-refractivity contribution in [3.8, 4) is 23.0 Å². The van der Waals surface area contributed by atoms with E-state index in [-0.39, 0.29) is 0 Å². The quantitative estimate of drug-likeness (QED) is 0.434. The Morgan fingerprint density at radius 3 is 2.03 bits per heavy atom. The molecular weight excluding hydrogens is 364 g/mol. The van der Waals surface area contributed by atoms with E-state index in [1.54, 1.807) is 20.4 Å². The van der Waals surface area contributed by atoms with E-state index >= 15 is 0 Å². The first-order valence-electron chi connectivity index (χ1n) is 9.28. The molecule has 0 bridgehead atoms. The average molecular weight is 386 g/mol. The number of pyridine rings is 1. The lowest BCUT2D eigenvalue weighted by atomic mass is 10.1. The van der Waals surface area contributed by atoms with Gasteiger partial charge in [-0.1, -0.05) is 17.7 Å². The lowest BCUT2D eigenvalue weighted by molar-refractivity contribution is 0.356. The fraction of sp³-hybridized carbons (Fsp3) is 0.125. The molecule has 0 aliphatic rings. The molecule has 5 heteroatoms. The molecule has 0 atom stereocenters. The minimum atomic E-state index is 0.655. The molecule has 0 radical (unpaired) electrons. The Hall–Kier alpha value is -3.73. The fourth-order valence-corrected chi connectivity index (χ4v) is 3.09. The number of hydrogen-bond acceptors (Lipinski definition) is 5. The Bertz CT molecular complexity index is 1120. The summed E-state index contributed by atoms with van der Waals surface area (Å²) in [5.41, 5.74) is 3.91. The van der Waals surface area contributed by atoms with Gasteiger partial charge in [-0.2, -0.15) is 0 Å². The summed E-state index contributed by atoms with van der Waals surface area (Å²) in [5, 5.41) is 4.39. The topological polar surface area (TPSA) is 52.6 Å². The van der Waals surface area contributed by atoms with Crippen LogP contribution in [0.2, 0.25) is 0 Å². The second-order valence-electron chi connectivity index (χ2n) is 6.65. The first-order valence-corrected chi connectivity index (χ1v) is 9.28. The van der Waals surface area contributed by atoms with E-state index in [4.69, 9.17) is 14.2 Å². The van der Waals surface area contributed by atoms with E-state index in [1.165, 1.54) is 5.56 Å². The van der Waals surface area contributed by atoms with E-state index in [1.807, 2.05) is 66.7 Å². The maximum Gasteiger partial charge on any atom is 0.162 e. The summed E-state index contributed by atoms with van der Waals surface area (Å²) in [6.07, 6.45) is 1.77. The highest BCUT2D eigenvalue weighted by atomic mass is 16.5.